The second-order valence-corrected chi connectivity index (χ2v) is 7.85. The van der Waals surface area contributed by atoms with Crippen LogP contribution in [0, 0.1) is 11.8 Å². The summed E-state index contributed by atoms with van der Waals surface area (Å²) < 4.78 is 8.81. The first-order chi connectivity index (χ1) is 15.5. The Bertz CT molecular complexity index is 1230. The van der Waals surface area contributed by atoms with Gasteiger partial charge in [-0.05, 0) is 18.6 Å². The molecule has 0 spiro atoms. The molecule has 1 N–H and O–H groups in total. The SMILES string of the molecule is CC#CCn1c(=O)n(Cc2ccccc2N(C)C)c2nc(OC)nc(N3CCNCC3)c21. The number of imidazole rings is 1. The standard InChI is InChI=1S/C23H29N7O2/c1-5-6-13-29-19-20(28-14-11-24-12-15-28)25-22(32-4)26-21(19)30(23(29)31)16-17-9-7-8-10-18(17)27(2)3/h7-10,24H,11-16H2,1-4H3. The Hall–Kier alpha value is -3.51. The van der Waals surface area contributed by atoms with Crippen molar-refractivity contribution in [3.8, 4) is 17.9 Å². The maximum atomic E-state index is 13.6. The highest BCUT2D eigenvalue weighted by molar-refractivity contribution is 5.85. The molecule has 0 amide bonds. The minimum Gasteiger partial charge on any atom is -0.467 e. The summed E-state index contributed by atoms with van der Waals surface area (Å²) in [6.45, 7) is 5.72. The zero-order chi connectivity index (χ0) is 22.7. The topological polar surface area (TPSA) is 80.5 Å². The number of nitrogens with zero attached hydrogens (tertiary/aromatic N) is 6. The molecule has 0 saturated carbocycles. The van der Waals surface area contributed by atoms with E-state index in [1.54, 1.807) is 23.2 Å². The van der Waals surface area contributed by atoms with Crippen LogP contribution in [-0.2, 0) is 13.1 Å². The fraction of sp³-hybridized carbons (Fsp3) is 0.435. The van der Waals surface area contributed by atoms with Gasteiger partial charge < -0.3 is 19.9 Å². The first kappa shape index (κ1) is 21.7. The second kappa shape index (κ2) is 9.32. The van der Waals surface area contributed by atoms with Gasteiger partial charge in [0.1, 0.15) is 5.52 Å². The largest absolute Gasteiger partial charge is 0.467 e. The van der Waals surface area contributed by atoms with Crippen molar-refractivity contribution in [2.75, 3.05) is 57.2 Å². The molecule has 9 heteroatoms. The monoisotopic (exact) mass is 435 g/mol. The van der Waals surface area contributed by atoms with Crippen molar-refractivity contribution in [3.05, 3.63) is 40.3 Å². The van der Waals surface area contributed by atoms with Crippen LogP contribution in [0.25, 0.3) is 11.2 Å². The smallest absolute Gasteiger partial charge is 0.331 e. The molecule has 0 aliphatic carbocycles. The number of rotatable bonds is 6. The molecule has 0 bridgehead atoms. The number of hydrogen-bond donors (Lipinski definition) is 1. The van der Waals surface area contributed by atoms with Crippen LogP contribution in [0.2, 0.25) is 0 Å². The number of aromatic nitrogens is 4. The van der Waals surface area contributed by atoms with Crippen LogP contribution in [0.5, 0.6) is 6.01 Å². The van der Waals surface area contributed by atoms with Gasteiger partial charge in [0.2, 0.25) is 0 Å². The lowest BCUT2D eigenvalue weighted by Crippen LogP contribution is -2.44. The predicted octanol–water partition coefficient (Wildman–Crippen LogP) is 1.15. The summed E-state index contributed by atoms with van der Waals surface area (Å²) in [4.78, 5) is 27.1. The number of para-hydroxylation sites is 1. The molecular weight excluding hydrogens is 406 g/mol. The van der Waals surface area contributed by atoms with E-state index in [1.165, 1.54) is 0 Å². The lowest BCUT2D eigenvalue weighted by Gasteiger charge is -2.29. The van der Waals surface area contributed by atoms with E-state index in [-0.39, 0.29) is 18.2 Å². The van der Waals surface area contributed by atoms with Gasteiger partial charge in [-0.15, -0.1) is 5.92 Å². The Morgan fingerprint density at radius 3 is 2.59 bits per heavy atom. The van der Waals surface area contributed by atoms with Crippen molar-refractivity contribution in [1.82, 2.24) is 24.4 Å². The van der Waals surface area contributed by atoms with Gasteiger partial charge in [0.25, 0.3) is 0 Å². The van der Waals surface area contributed by atoms with E-state index in [2.05, 4.69) is 32.0 Å². The van der Waals surface area contributed by atoms with E-state index >= 15 is 0 Å². The van der Waals surface area contributed by atoms with Gasteiger partial charge in [-0.3, -0.25) is 9.13 Å². The normalized spacial score (nSPS) is 13.7. The van der Waals surface area contributed by atoms with Gasteiger partial charge in [-0.25, -0.2) is 4.79 Å². The lowest BCUT2D eigenvalue weighted by molar-refractivity contribution is 0.380. The first-order valence-corrected chi connectivity index (χ1v) is 10.7. The maximum Gasteiger partial charge on any atom is 0.331 e. The number of benzene rings is 1. The third-order valence-electron chi connectivity index (χ3n) is 5.63. The molecule has 32 heavy (non-hydrogen) atoms. The van der Waals surface area contributed by atoms with Crippen molar-refractivity contribution in [1.29, 1.82) is 0 Å². The van der Waals surface area contributed by atoms with Crippen LogP contribution < -0.4 is 25.5 Å². The minimum absolute atomic E-state index is 0.157. The molecule has 168 valence electrons. The van der Waals surface area contributed by atoms with Crippen LogP contribution in [0.15, 0.2) is 29.1 Å². The van der Waals surface area contributed by atoms with Crippen LogP contribution in [0.3, 0.4) is 0 Å². The van der Waals surface area contributed by atoms with Crippen LogP contribution in [0.1, 0.15) is 12.5 Å². The summed E-state index contributed by atoms with van der Waals surface area (Å²) in [5.74, 6) is 6.65. The molecule has 0 radical (unpaired) electrons. The number of ether oxygens (including phenoxy) is 1. The summed E-state index contributed by atoms with van der Waals surface area (Å²) in [5.41, 5.74) is 3.18. The maximum absolute atomic E-state index is 13.6. The van der Waals surface area contributed by atoms with Gasteiger partial charge in [-0.1, -0.05) is 24.1 Å². The molecule has 1 aromatic carbocycles. The molecule has 9 nitrogen and oxygen atoms in total. The highest BCUT2D eigenvalue weighted by atomic mass is 16.5. The molecule has 0 atom stereocenters. The minimum atomic E-state index is -0.157. The number of fused-ring (bicyclic) bond motifs is 1. The Balaban J connectivity index is 1.96. The average molecular weight is 436 g/mol. The van der Waals surface area contributed by atoms with E-state index in [0.717, 1.165) is 37.4 Å². The molecule has 1 aliphatic rings. The highest BCUT2D eigenvalue weighted by Gasteiger charge is 2.25. The van der Waals surface area contributed by atoms with Crippen molar-refractivity contribution < 1.29 is 4.74 Å². The Morgan fingerprint density at radius 2 is 1.91 bits per heavy atom. The van der Waals surface area contributed by atoms with E-state index < -0.39 is 0 Å². The average Bonchev–Trinajstić information content (AvgIpc) is 3.08. The molecule has 2 aromatic heterocycles. The zero-order valence-corrected chi connectivity index (χ0v) is 19.1. The fourth-order valence-corrected chi connectivity index (χ4v) is 4.06. The lowest BCUT2D eigenvalue weighted by atomic mass is 10.1. The van der Waals surface area contributed by atoms with Gasteiger partial charge in [0.05, 0.1) is 20.2 Å². The van der Waals surface area contributed by atoms with Gasteiger partial charge in [-0.2, -0.15) is 9.97 Å². The van der Waals surface area contributed by atoms with E-state index in [4.69, 9.17) is 4.74 Å². The third-order valence-corrected chi connectivity index (χ3v) is 5.63. The fourth-order valence-electron chi connectivity index (χ4n) is 4.06. The van der Waals surface area contributed by atoms with E-state index in [9.17, 15) is 4.79 Å². The van der Waals surface area contributed by atoms with Crippen LogP contribution in [-0.4, -0.2) is 66.5 Å². The number of methoxy groups -OCH3 is 1. The van der Waals surface area contributed by atoms with E-state index in [0.29, 0.717) is 23.5 Å². The Morgan fingerprint density at radius 1 is 1.16 bits per heavy atom. The summed E-state index contributed by atoms with van der Waals surface area (Å²) >= 11 is 0. The summed E-state index contributed by atoms with van der Waals surface area (Å²) in [7, 11) is 5.54. The van der Waals surface area contributed by atoms with Gasteiger partial charge in [0, 0.05) is 46.0 Å². The van der Waals surface area contributed by atoms with Crippen molar-refractivity contribution in [2.24, 2.45) is 0 Å². The van der Waals surface area contributed by atoms with Gasteiger partial charge >= 0.3 is 11.7 Å². The van der Waals surface area contributed by atoms with Crippen molar-refractivity contribution in [3.63, 3.8) is 0 Å². The summed E-state index contributed by atoms with van der Waals surface area (Å²) in [5, 5.41) is 3.36. The quantitative estimate of drug-likeness (QED) is 0.582. The zero-order valence-electron chi connectivity index (χ0n) is 19.1. The molecule has 1 aliphatic heterocycles. The Labute approximate surface area is 187 Å². The van der Waals surface area contributed by atoms with Crippen LogP contribution >= 0.6 is 0 Å². The molecule has 0 unspecified atom stereocenters. The summed E-state index contributed by atoms with van der Waals surface area (Å²) in [6.07, 6.45) is 0. The number of piperazine rings is 1. The number of anilines is 2. The summed E-state index contributed by atoms with van der Waals surface area (Å²) in [6, 6.07) is 8.31. The highest BCUT2D eigenvalue weighted by Crippen LogP contribution is 2.28. The molecule has 3 aromatic rings. The molecule has 3 heterocycles. The van der Waals surface area contributed by atoms with Crippen molar-refractivity contribution >= 4 is 22.7 Å². The number of nitrogens with one attached hydrogen (secondary N) is 1. The molecule has 4 rings (SSSR count). The van der Waals surface area contributed by atoms with Crippen molar-refractivity contribution in [2.45, 2.75) is 20.0 Å². The molecular formula is C23H29N7O2. The molecule has 1 saturated heterocycles. The predicted molar refractivity (Wildman–Crippen MR) is 127 cm³/mol. The Kier molecular flexibility index (Phi) is 6.32. The van der Waals surface area contributed by atoms with E-state index in [1.807, 2.05) is 43.3 Å². The first-order valence-electron chi connectivity index (χ1n) is 10.7. The van der Waals surface area contributed by atoms with Gasteiger partial charge in [0.15, 0.2) is 11.5 Å². The van der Waals surface area contributed by atoms with Crippen LogP contribution in [0.4, 0.5) is 11.5 Å². The number of hydrogen-bond acceptors (Lipinski definition) is 7. The second-order valence-electron chi connectivity index (χ2n) is 7.85. The third kappa shape index (κ3) is 4.01. The molecule has 1 fully saturated rings.